The van der Waals surface area contributed by atoms with Crippen molar-refractivity contribution in [3.8, 4) is 0 Å². The number of anilines is 1. The van der Waals surface area contributed by atoms with Gasteiger partial charge in [0.1, 0.15) is 0 Å². The molecule has 1 heterocycles. The van der Waals surface area contributed by atoms with Gasteiger partial charge in [0.05, 0.1) is 0 Å². The highest BCUT2D eigenvalue weighted by Crippen LogP contribution is 2.22. The van der Waals surface area contributed by atoms with Crippen LogP contribution < -0.4 is 11.1 Å². The number of carbonyl (C=O) groups excluding carboxylic acids is 1. The Morgan fingerprint density at radius 2 is 1.89 bits per heavy atom. The maximum absolute atomic E-state index is 12.3. The smallest absolute Gasteiger partial charge is 0.220 e. The van der Waals surface area contributed by atoms with E-state index in [1.165, 1.54) is 5.56 Å². The van der Waals surface area contributed by atoms with Crippen LogP contribution >= 0.6 is 12.4 Å². The average Bonchev–Trinajstić information content (AvgIpc) is 3.10. The van der Waals surface area contributed by atoms with E-state index in [0.29, 0.717) is 18.8 Å². The fraction of sp³-hybridized carbons (Fsp3) is 0.409. The number of likely N-dealkylation sites (tertiary alicyclic amines) is 1. The summed E-state index contributed by atoms with van der Waals surface area (Å²) in [4.78, 5) is 14.8. The average molecular weight is 388 g/mol. The lowest BCUT2D eigenvalue weighted by molar-refractivity contribution is -0.122. The molecule has 1 aliphatic heterocycles. The first kappa shape index (κ1) is 21.3. The van der Waals surface area contributed by atoms with Crippen molar-refractivity contribution < 1.29 is 4.79 Å². The lowest BCUT2D eigenvalue weighted by Gasteiger charge is -2.22. The number of halogens is 1. The van der Waals surface area contributed by atoms with Crippen LogP contribution in [-0.2, 0) is 17.8 Å². The summed E-state index contributed by atoms with van der Waals surface area (Å²) in [6.07, 6.45) is 2.31. The van der Waals surface area contributed by atoms with E-state index in [0.717, 1.165) is 37.3 Å². The van der Waals surface area contributed by atoms with Crippen molar-refractivity contribution in [1.82, 2.24) is 10.2 Å². The van der Waals surface area contributed by atoms with Gasteiger partial charge in [0.15, 0.2) is 0 Å². The summed E-state index contributed by atoms with van der Waals surface area (Å²) >= 11 is 0. The molecule has 146 valence electrons. The second kappa shape index (κ2) is 10.3. The molecule has 0 aromatic heterocycles. The molecule has 0 spiro atoms. The predicted molar refractivity (Wildman–Crippen MR) is 114 cm³/mol. The SMILES string of the molecule is CC(NC(=O)CCc1ccccc1N)C1CCN(Cc2ccccc2)C1.Cl. The van der Waals surface area contributed by atoms with Crippen molar-refractivity contribution in [2.75, 3.05) is 18.8 Å². The molecule has 4 nitrogen and oxygen atoms in total. The maximum atomic E-state index is 12.3. The van der Waals surface area contributed by atoms with E-state index in [1.54, 1.807) is 0 Å². The minimum absolute atomic E-state index is 0. The molecule has 1 amide bonds. The number of carbonyl (C=O) groups is 1. The van der Waals surface area contributed by atoms with Crippen LogP contribution in [0.4, 0.5) is 5.69 Å². The normalized spacial score (nSPS) is 17.9. The van der Waals surface area contributed by atoms with Gasteiger partial charge in [-0.2, -0.15) is 0 Å². The lowest BCUT2D eigenvalue weighted by Crippen LogP contribution is -2.39. The van der Waals surface area contributed by atoms with Crippen LogP contribution in [0.15, 0.2) is 54.6 Å². The molecule has 0 aliphatic carbocycles. The molecule has 1 saturated heterocycles. The molecule has 2 aromatic rings. The van der Waals surface area contributed by atoms with Crippen LogP contribution in [0.25, 0.3) is 0 Å². The lowest BCUT2D eigenvalue weighted by atomic mass is 10.00. The van der Waals surface area contributed by atoms with E-state index in [-0.39, 0.29) is 24.4 Å². The van der Waals surface area contributed by atoms with Crippen molar-refractivity contribution in [3.05, 3.63) is 65.7 Å². The standard InChI is InChI=1S/C22H29N3O.ClH/c1-17(24-22(26)12-11-19-9-5-6-10-21(19)23)20-13-14-25(16-20)15-18-7-3-2-4-8-18;/h2-10,17,20H,11-16,23H2,1H3,(H,24,26);1H. The van der Waals surface area contributed by atoms with E-state index in [9.17, 15) is 4.79 Å². The van der Waals surface area contributed by atoms with Crippen LogP contribution in [0.1, 0.15) is 30.9 Å². The van der Waals surface area contributed by atoms with Crippen LogP contribution in [0.3, 0.4) is 0 Å². The first-order chi connectivity index (χ1) is 12.6. The van der Waals surface area contributed by atoms with Gasteiger partial charge in [0.25, 0.3) is 0 Å². The zero-order valence-electron chi connectivity index (χ0n) is 15.9. The predicted octanol–water partition coefficient (Wildman–Crippen LogP) is 3.65. The molecule has 2 unspecified atom stereocenters. The van der Waals surface area contributed by atoms with Crippen molar-refractivity contribution in [1.29, 1.82) is 0 Å². The summed E-state index contributed by atoms with van der Waals surface area (Å²) in [7, 11) is 0. The number of hydrogen-bond donors (Lipinski definition) is 2. The van der Waals surface area contributed by atoms with E-state index >= 15 is 0 Å². The summed E-state index contributed by atoms with van der Waals surface area (Å²) in [6, 6.07) is 18.5. The molecular formula is C22H30ClN3O. The number of amides is 1. The molecule has 1 aliphatic rings. The second-order valence-corrected chi connectivity index (χ2v) is 7.32. The quantitative estimate of drug-likeness (QED) is 0.713. The summed E-state index contributed by atoms with van der Waals surface area (Å²) in [5.74, 6) is 0.631. The highest BCUT2D eigenvalue weighted by atomic mass is 35.5. The van der Waals surface area contributed by atoms with E-state index in [2.05, 4.69) is 47.5 Å². The highest BCUT2D eigenvalue weighted by molar-refractivity contribution is 5.85. The number of nitrogens with zero attached hydrogens (tertiary/aromatic N) is 1. The van der Waals surface area contributed by atoms with Crippen molar-refractivity contribution >= 4 is 24.0 Å². The number of nitrogen functional groups attached to an aromatic ring is 1. The molecule has 3 N–H and O–H groups in total. The number of aryl methyl sites for hydroxylation is 1. The second-order valence-electron chi connectivity index (χ2n) is 7.32. The Morgan fingerprint density at radius 1 is 1.19 bits per heavy atom. The van der Waals surface area contributed by atoms with Crippen LogP contribution in [0, 0.1) is 5.92 Å². The van der Waals surface area contributed by atoms with E-state index in [1.807, 2.05) is 24.3 Å². The summed E-state index contributed by atoms with van der Waals surface area (Å²) in [5.41, 5.74) is 9.11. The third-order valence-corrected chi connectivity index (χ3v) is 5.33. The van der Waals surface area contributed by atoms with Gasteiger partial charge >= 0.3 is 0 Å². The van der Waals surface area contributed by atoms with Gasteiger partial charge in [0, 0.05) is 31.2 Å². The van der Waals surface area contributed by atoms with Crippen LogP contribution in [-0.4, -0.2) is 29.9 Å². The van der Waals surface area contributed by atoms with Gasteiger partial charge in [-0.1, -0.05) is 48.5 Å². The Bertz CT molecular complexity index is 723. The number of benzene rings is 2. The fourth-order valence-corrected chi connectivity index (χ4v) is 3.71. The molecule has 2 aromatic carbocycles. The third-order valence-electron chi connectivity index (χ3n) is 5.33. The van der Waals surface area contributed by atoms with Gasteiger partial charge in [-0.05, 0) is 49.4 Å². The molecule has 3 rings (SSSR count). The number of nitrogens with one attached hydrogen (secondary N) is 1. The van der Waals surface area contributed by atoms with Gasteiger partial charge in [0.2, 0.25) is 5.91 Å². The van der Waals surface area contributed by atoms with E-state index in [4.69, 9.17) is 5.73 Å². The molecule has 27 heavy (non-hydrogen) atoms. The number of nitrogens with two attached hydrogens (primary N) is 1. The Hall–Kier alpha value is -2.04. The van der Waals surface area contributed by atoms with Gasteiger partial charge < -0.3 is 11.1 Å². The molecule has 0 radical (unpaired) electrons. The summed E-state index contributed by atoms with van der Waals surface area (Å²) in [6.45, 7) is 5.26. The number of para-hydroxylation sites is 1. The monoisotopic (exact) mass is 387 g/mol. The zero-order chi connectivity index (χ0) is 18.4. The first-order valence-corrected chi connectivity index (χ1v) is 9.51. The Labute approximate surface area is 168 Å². The largest absolute Gasteiger partial charge is 0.399 e. The minimum atomic E-state index is 0. The van der Waals surface area contributed by atoms with Crippen molar-refractivity contribution in [3.63, 3.8) is 0 Å². The number of rotatable bonds is 7. The summed E-state index contributed by atoms with van der Waals surface area (Å²) < 4.78 is 0. The molecule has 5 heteroatoms. The maximum Gasteiger partial charge on any atom is 0.220 e. The molecular weight excluding hydrogens is 358 g/mol. The Balaban J connectivity index is 0.00000261. The number of hydrogen-bond acceptors (Lipinski definition) is 3. The van der Waals surface area contributed by atoms with Gasteiger partial charge in [-0.25, -0.2) is 0 Å². The molecule has 2 atom stereocenters. The first-order valence-electron chi connectivity index (χ1n) is 9.51. The van der Waals surface area contributed by atoms with Crippen LogP contribution in [0.5, 0.6) is 0 Å². The molecule has 0 saturated carbocycles. The zero-order valence-corrected chi connectivity index (χ0v) is 16.8. The minimum Gasteiger partial charge on any atom is -0.399 e. The Kier molecular flexibility index (Phi) is 8.14. The van der Waals surface area contributed by atoms with Crippen LogP contribution in [0.2, 0.25) is 0 Å². The Morgan fingerprint density at radius 3 is 2.63 bits per heavy atom. The highest BCUT2D eigenvalue weighted by Gasteiger charge is 2.27. The topological polar surface area (TPSA) is 58.4 Å². The summed E-state index contributed by atoms with van der Waals surface area (Å²) in [5, 5.41) is 3.19. The fourth-order valence-electron chi connectivity index (χ4n) is 3.71. The van der Waals surface area contributed by atoms with Crippen molar-refractivity contribution in [2.45, 2.75) is 38.8 Å². The molecule has 0 bridgehead atoms. The molecule has 1 fully saturated rings. The van der Waals surface area contributed by atoms with Gasteiger partial charge in [-0.15, -0.1) is 12.4 Å². The van der Waals surface area contributed by atoms with Crippen molar-refractivity contribution in [2.24, 2.45) is 5.92 Å². The van der Waals surface area contributed by atoms with Gasteiger partial charge in [-0.3, -0.25) is 9.69 Å². The van der Waals surface area contributed by atoms with E-state index < -0.39 is 0 Å². The third kappa shape index (κ3) is 6.26.